The lowest BCUT2D eigenvalue weighted by Crippen LogP contribution is -2.34. The normalized spacial score (nSPS) is 22.4. The molecule has 4 nitrogen and oxygen atoms in total. The van der Waals surface area contributed by atoms with Crippen molar-refractivity contribution in [2.75, 3.05) is 19.0 Å². The minimum Gasteiger partial charge on any atom is -0.465 e. The second-order valence-electron chi connectivity index (χ2n) is 4.95. The van der Waals surface area contributed by atoms with Crippen molar-refractivity contribution in [1.82, 2.24) is 0 Å². The second kappa shape index (κ2) is 6.70. The highest BCUT2D eigenvalue weighted by molar-refractivity contribution is 5.90. The van der Waals surface area contributed by atoms with Crippen LogP contribution < -0.4 is 5.32 Å². The fourth-order valence-corrected chi connectivity index (χ4v) is 2.40. The van der Waals surface area contributed by atoms with Gasteiger partial charge in [-0.3, -0.25) is 0 Å². The van der Waals surface area contributed by atoms with E-state index >= 15 is 0 Å². The van der Waals surface area contributed by atoms with Crippen molar-refractivity contribution in [2.45, 2.75) is 38.3 Å². The Bertz CT molecular complexity index is 478. The molecule has 0 aliphatic carbocycles. The first-order valence-electron chi connectivity index (χ1n) is 6.90. The third-order valence-corrected chi connectivity index (χ3v) is 3.57. The maximum Gasteiger partial charge on any atom is 0.337 e. The zero-order chi connectivity index (χ0) is 14.5. The molecule has 110 valence electrons. The molecule has 2 atom stereocenters. The number of hydrogen-bond acceptors (Lipinski definition) is 4. The van der Waals surface area contributed by atoms with Crippen LogP contribution >= 0.6 is 0 Å². The van der Waals surface area contributed by atoms with Crippen LogP contribution in [0.15, 0.2) is 18.2 Å². The Kier molecular flexibility index (Phi) is 4.95. The molecule has 1 aliphatic heterocycles. The molecule has 0 amide bonds. The van der Waals surface area contributed by atoms with Crippen LogP contribution in [-0.2, 0) is 9.47 Å². The Morgan fingerprint density at radius 3 is 3.05 bits per heavy atom. The summed E-state index contributed by atoms with van der Waals surface area (Å²) in [6.07, 6.45) is 2.84. The Morgan fingerprint density at radius 2 is 2.35 bits per heavy atom. The van der Waals surface area contributed by atoms with Gasteiger partial charge in [0.2, 0.25) is 0 Å². The molecule has 1 heterocycles. The summed E-state index contributed by atoms with van der Waals surface area (Å²) in [6, 6.07) is 4.37. The van der Waals surface area contributed by atoms with E-state index in [0.717, 1.165) is 19.3 Å². The summed E-state index contributed by atoms with van der Waals surface area (Å²) in [4.78, 5) is 11.5. The minimum absolute atomic E-state index is 0.163. The molecular formula is C15H20FNO3. The van der Waals surface area contributed by atoms with Gasteiger partial charge in [0.15, 0.2) is 0 Å². The lowest BCUT2D eigenvalue weighted by atomic mass is 10.0. The molecule has 1 aliphatic rings. The number of benzene rings is 1. The maximum absolute atomic E-state index is 13.8. The quantitative estimate of drug-likeness (QED) is 0.862. The van der Waals surface area contributed by atoms with Crippen LogP contribution in [-0.4, -0.2) is 31.8 Å². The number of rotatable bonds is 4. The molecule has 1 aromatic rings. The van der Waals surface area contributed by atoms with Crippen molar-refractivity contribution < 1.29 is 18.7 Å². The molecule has 0 spiro atoms. The van der Waals surface area contributed by atoms with Gasteiger partial charge in [0, 0.05) is 12.6 Å². The van der Waals surface area contributed by atoms with Gasteiger partial charge in [-0.25, -0.2) is 9.18 Å². The maximum atomic E-state index is 13.8. The van der Waals surface area contributed by atoms with Gasteiger partial charge >= 0.3 is 5.97 Å². The van der Waals surface area contributed by atoms with Gasteiger partial charge in [0.25, 0.3) is 0 Å². The standard InChI is InChI=1S/C15H20FNO3/c1-3-12-9-11(6-7-20-12)17-14-8-10(15(18)19-2)4-5-13(14)16/h4-5,8,11-12,17H,3,6-7,9H2,1-2H3. The molecule has 1 N–H and O–H groups in total. The predicted molar refractivity (Wildman–Crippen MR) is 74.4 cm³/mol. The topological polar surface area (TPSA) is 47.6 Å². The van der Waals surface area contributed by atoms with Crippen molar-refractivity contribution in [2.24, 2.45) is 0 Å². The molecule has 1 aromatic carbocycles. The van der Waals surface area contributed by atoms with Gasteiger partial charge in [-0.1, -0.05) is 6.92 Å². The number of anilines is 1. The van der Waals surface area contributed by atoms with E-state index in [2.05, 4.69) is 17.0 Å². The first kappa shape index (κ1) is 14.8. The van der Waals surface area contributed by atoms with E-state index in [9.17, 15) is 9.18 Å². The van der Waals surface area contributed by atoms with E-state index in [1.54, 1.807) is 0 Å². The Morgan fingerprint density at radius 1 is 1.55 bits per heavy atom. The number of hydrogen-bond donors (Lipinski definition) is 1. The third kappa shape index (κ3) is 3.48. The fourth-order valence-electron chi connectivity index (χ4n) is 2.40. The Balaban J connectivity index is 2.10. The summed E-state index contributed by atoms with van der Waals surface area (Å²) in [5, 5.41) is 3.17. The van der Waals surface area contributed by atoms with E-state index in [0.29, 0.717) is 17.9 Å². The zero-order valence-electron chi connectivity index (χ0n) is 11.8. The van der Waals surface area contributed by atoms with Crippen molar-refractivity contribution >= 4 is 11.7 Å². The lowest BCUT2D eigenvalue weighted by Gasteiger charge is -2.30. The number of nitrogens with one attached hydrogen (secondary N) is 1. The first-order valence-corrected chi connectivity index (χ1v) is 6.90. The largest absolute Gasteiger partial charge is 0.465 e. The van der Waals surface area contributed by atoms with Gasteiger partial charge in [-0.05, 0) is 37.5 Å². The summed E-state index contributed by atoms with van der Waals surface area (Å²) in [6.45, 7) is 2.75. The zero-order valence-corrected chi connectivity index (χ0v) is 11.8. The molecule has 5 heteroatoms. The summed E-state index contributed by atoms with van der Waals surface area (Å²) < 4.78 is 24.1. The van der Waals surface area contributed by atoms with Crippen molar-refractivity contribution in [3.63, 3.8) is 0 Å². The molecule has 0 radical (unpaired) electrons. The molecular weight excluding hydrogens is 261 g/mol. The number of carbonyl (C=O) groups is 1. The molecule has 2 rings (SSSR count). The van der Waals surface area contributed by atoms with Gasteiger partial charge in [0.1, 0.15) is 5.82 Å². The number of halogens is 1. The van der Waals surface area contributed by atoms with Crippen LogP contribution in [0.3, 0.4) is 0 Å². The highest BCUT2D eigenvalue weighted by atomic mass is 19.1. The highest BCUT2D eigenvalue weighted by Gasteiger charge is 2.22. The van der Waals surface area contributed by atoms with Crippen LogP contribution in [0.5, 0.6) is 0 Å². The molecule has 1 saturated heterocycles. The molecule has 1 fully saturated rings. The molecule has 0 saturated carbocycles. The number of esters is 1. The van der Waals surface area contributed by atoms with E-state index in [4.69, 9.17) is 4.74 Å². The van der Waals surface area contributed by atoms with Crippen molar-refractivity contribution in [3.05, 3.63) is 29.6 Å². The van der Waals surface area contributed by atoms with Gasteiger partial charge in [0.05, 0.1) is 24.5 Å². The van der Waals surface area contributed by atoms with E-state index in [1.165, 1.54) is 25.3 Å². The van der Waals surface area contributed by atoms with Crippen LogP contribution in [0.25, 0.3) is 0 Å². The average Bonchev–Trinajstić information content (AvgIpc) is 2.49. The Labute approximate surface area is 118 Å². The average molecular weight is 281 g/mol. The summed E-state index contributed by atoms with van der Waals surface area (Å²) >= 11 is 0. The summed E-state index contributed by atoms with van der Waals surface area (Å²) in [5.41, 5.74) is 0.685. The van der Waals surface area contributed by atoms with Crippen LogP contribution in [0.1, 0.15) is 36.5 Å². The summed E-state index contributed by atoms with van der Waals surface area (Å²) in [7, 11) is 1.31. The smallest absolute Gasteiger partial charge is 0.337 e. The summed E-state index contributed by atoms with van der Waals surface area (Å²) in [5.74, 6) is -0.830. The fraction of sp³-hybridized carbons (Fsp3) is 0.533. The van der Waals surface area contributed by atoms with E-state index < -0.39 is 5.97 Å². The molecule has 0 bridgehead atoms. The number of ether oxygens (including phenoxy) is 2. The van der Waals surface area contributed by atoms with Gasteiger partial charge < -0.3 is 14.8 Å². The second-order valence-corrected chi connectivity index (χ2v) is 4.95. The van der Waals surface area contributed by atoms with E-state index in [-0.39, 0.29) is 18.0 Å². The van der Waals surface area contributed by atoms with Crippen LogP contribution in [0, 0.1) is 5.82 Å². The SMILES string of the molecule is CCC1CC(Nc2cc(C(=O)OC)ccc2F)CCO1. The van der Waals surface area contributed by atoms with Crippen LogP contribution in [0.4, 0.5) is 10.1 Å². The van der Waals surface area contributed by atoms with E-state index in [1.807, 2.05) is 0 Å². The monoisotopic (exact) mass is 281 g/mol. The number of methoxy groups -OCH3 is 1. The molecule has 0 aromatic heterocycles. The Hall–Kier alpha value is -1.62. The third-order valence-electron chi connectivity index (χ3n) is 3.57. The molecule has 2 unspecified atom stereocenters. The minimum atomic E-state index is -0.466. The van der Waals surface area contributed by atoms with Crippen LogP contribution in [0.2, 0.25) is 0 Å². The van der Waals surface area contributed by atoms with Gasteiger partial charge in [-0.15, -0.1) is 0 Å². The van der Waals surface area contributed by atoms with Crippen molar-refractivity contribution in [3.8, 4) is 0 Å². The highest BCUT2D eigenvalue weighted by Crippen LogP contribution is 2.23. The number of carbonyl (C=O) groups excluding carboxylic acids is 1. The first-order chi connectivity index (χ1) is 9.63. The lowest BCUT2D eigenvalue weighted by molar-refractivity contribution is 0.00920. The van der Waals surface area contributed by atoms with Crippen molar-refractivity contribution in [1.29, 1.82) is 0 Å². The van der Waals surface area contributed by atoms with Gasteiger partial charge in [-0.2, -0.15) is 0 Å². The predicted octanol–water partition coefficient (Wildman–Crippen LogP) is 2.98. The molecule has 20 heavy (non-hydrogen) atoms.